The molecule has 1 fully saturated rings. The molecule has 0 aromatic heterocycles. The van der Waals surface area contributed by atoms with Crippen LogP contribution in [0.2, 0.25) is 0 Å². The van der Waals surface area contributed by atoms with Crippen molar-refractivity contribution in [3.05, 3.63) is 0 Å². The Hall–Kier alpha value is -1.99. The SMILES string of the molecule is COC(=O)NC(C(=O)O)C1CCN(C(=O)OC(C)(C)C)CC1. The van der Waals surface area contributed by atoms with Gasteiger partial charge in [-0.15, -0.1) is 0 Å². The van der Waals surface area contributed by atoms with E-state index in [1.807, 2.05) is 0 Å². The fourth-order valence-electron chi connectivity index (χ4n) is 2.31. The molecule has 8 nitrogen and oxygen atoms in total. The van der Waals surface area contributed by atoms with E-state index in [1.165, 1.54) is 7.11 Å². The lowest BCUT2D eigenvalue weighted by Crippen LogP contribution is -2.50. The smallest absolute Gasteiger partial charge is 0.410 e. The van der Waals surface area contributed by atoms with Gasteiger partial charge in [-0.25, -0.2) is 14.4 Å². The second-order valence-corrected chi connectivity index (χ2v) is 6.26. The number of amides is 2. The lowest BCUT2D eigenvalue weighted by atomic mass is 9.89. The average molecular weight is 316 g/mol. The Morgan fingerprint density at radius 2 is 1.77 bits per heavy atom. The number of likely N-dealkylation sites (tertiary alicyclic amines) is 1. The summed E-state index contributed by atoms with van der Waals surface area (Å²) in [4.78, 5) is 36.0. The largest absolute Gasteiger partial charge is 0.480 e. The molecule has 0 spiro atoms. The molecule has 0 saturated carbocycles. The molecule has 1 rings (SSSR count). The molecule has 1 saturated heterocycles. The molecule has 0 aromatic carbocycles. The summed E-state index contributed by atoms with van der Waals surface area (Å²) in [5, 5.41) is 11.5. The minimum absolute atomic E-state index is 0.254. The number of nitrogens with zero attached hydrogens (tertiary/aromatic N) is 1. The van der Waals surface area contributed by atoms with Crippen LogP contribution in [0.5, 0.6) is 0 Å². The maximum atomic E-state index is 11.9. The van der Waals surface area contributed by atoms with E-state index in [-0.39, 0.29) is 5.92 Å². The van der Waals surface area contributed by atoms with Gasteiger partial charge in [-0.2, -0.15) is 0 Å². The van der Waals surface area contributed by atoms with E-state index in [9.17, 15) is 19.5 Å². The normalized spacial score (nSPS) is 17.5. The third-order valence-corrected chi connectivity index (χ3v) is 3.39. The van der Waals surface area contributed by atoms with E-state index >= 15 is 0 Å². The Labute approximate surface area is 129 Å². The van der Waals surface area contributed by atoms with Crippen molar-refractivity contribution >= 4 is 18.2 Å². The first-order valence-electron chi connectivity index (χ1n) is 7.19. The highest BCUT2D eigenvalue weighted by Crippen LogP contribution is 2.22. The molecular formula is C14H24N2O6. The zero-order chi connectivity index (χ0) is 16.9. The lowest BCUT2D eigenvalue weighted by molar-refractivity contribution is -0.141. The molecular weight excluding hydrogens is 292 g/mol. The number of rotatable bonds is 3. The van der Waals surface area contributed by atoms with Crippen molar-refractivity contribution in [2.45, 2.75) is 45.3 Å². The Morgan fingerprint density at radius 1 is 1.23 bits per heavy atom. The number of hydrogen-bond donors (Lipinski definition) is 2. The van der Waals surface area contributed by atoms with Crippen molar-refractivity contribution in [3.63, 3.8) is 0 Å². The number of methoxy groups -OCH3 is 1. The van der Waals surface area contributed by atoms with Crippen LogP contribution in [0.25, 0.3) is 0 Å². The Bertz CT molecular complexity index is 424. The fraction of sp³-hybridized carbons (Fsp3) is 0.786. The highest BCUT2D eigenvalue weighted by molar-refractivity contribution is 5.80. The Morgan fingerprint density at radius 3 is 2.18 bits per heavy atom. The summed E-state index contributed by atoms with van der Waals surface area (Å²) in [6.07, 6.45) is -0.235. The summed E-state index contributed by atoms with van der Waals surface area (Å²) in [7, 11) is 1.18. The molecule has 2 amide bonds. The first-order valence-corrected chi connectivity index (χ1v) is 7.19. The van der Waals surface area contributed by atoms with Crippen LogP contribution in [0, 0.1) is 5.92 Å². The molecule has 1 atom stereocenters. The summed E-state index contributed by atoms with van der Waals surface area (Å²) < 4.78 is 9.72. The van der Waals surface area contributed by atoms with E-state index in [4.69, 9.17) is 4.74 Å². The van der Waals surface area contributed by atoms with Gasteiger partial charge < -0.3 is 24.8 Å². The van der Waals surface area contributed by atoms with Crippen LogP contribution < -0.4 is 5.32 Å². The molecule has 1 aliphatic heterocycles. The predicted molar refractivity (Wildman–Crippen MR) is 77.5 cm³/mol. The quantitative estimate of drug-likeness (QED) is 0.816. The van der Waals surface area contributed by atoms with Gasteiger partial charge in [0.25, 0.3) is 0 Å². The van der Waals surface area contributed by atoms with Gasteiger partial charge in [0, 0.05) is 13.1 Å². The van der Waals surface area contributed by atoms with Crippen LogP contribution in [0.4, 0.5) is 9.59 Å². The molecule has 1 heterocycles. The second-order valence-electron chi connectivity index (χ2n) is 6.26. The Balaban J connectivity index is 2.57. The lowest BCUT2D eigenvalue weighted by Gasteiger charge is -2.35. The van der Waals surface area contributed by atoms with Crippen LogP contribution in [0.15, 0.2) is 0 Å². The molecule has 1 aliphatic rings. The fourth-order valence-corrected chi connectivity index (χ4v) is 2.31. The van der Waals surface area contributed by atoms with Crippen molar-refractivity contribution < 1.29 is 29.0 Å². The van der Waals surface area contributed by atoms with Gasteiger partial charge in [-0.3, -0.25) is 0 Å². The molecule has 0 bridgehead atoms. The molecule has 0 radical (unpaired) electrons. The van der Waals surface area contributed by atoms with Crippen molar-refractivity contribution in [2.24, 2.45) is 5.92 Å². The first kappa shape index (κ1) is 18.1. The summed E-state index contributed by atoms with van der Waals surface area (Å²) in [6.45, 7) is 6.16. The third kappa shape index (κ3) is 5.42. The van der Waals surface area contributed by atoms with Crippen LogP contribution in [0.3, 0.4) is 0 Å². The predicted octanol–water partition coefficient (Wildman–Crippen LogP) is 1.44. The summed E-state index contributed by atoms with van der Waals surface area (Å²) in [6, 6.07) is -1.02. The second kappa shape index (κ2) is 7.33. The highest BCUT2D eigenvalue weighted by Gasteiger charge is 2.35. The van der Waals surface area contributed by atoms with Crippen LogP contribution in [-0.4, -0.2) is 60.0 Å². The number of aliphatic carboxylic acids is 1. The average Bonchev–Trinajstić information content (AvgIpc) is 2.42. The van der Waals surface area contributed by atoms with E-state index < -0.39 is 29.8 Å². The summed E-state index contributed by atoms with van der Waals surface area (Å²) in [5.74, 6) is -1.36. The van der Waals surface area contributed by atoms with E-state index in [0.29, 0.717) is 25.9 Å². The molecule has 126 valence electrons. The minimum atomic E-state index is -1.11. The van der Waals surface area contributed by atoms with Gasteiger partial charge in [0.05, 0.1) is 7.11 Å². The first-order chi connectivity index (χ1) is 10.1. The van der Waals surface area contributed by atoms with Crippen molar-refractivity contribution in [3.8, 4) is 0 Å². The number of ether oxygens (including phenoxy) is 2. The highest BCUT2D eigenvalue weighted by atomic mass is 16.6. The Kier molecular flexibility index (Phi) is 6.01. The number of carboxylic acid groups (broad SMARTS) is 1. The third-order valence-electron chi connectivity index (χ3n) is 3.39. The number of alkyl carbamates (subject to hydrolysis) is 1. The molecule has 22 heavy (non-hydrogen) atoms. The van der Waals surface area contributed by atoms with Gasteiger partial charge in [0.2, 0.25) is 0 Å². The number of carbonyl (C=O) groups is 3. The minimum Gasteiger partial charge on any atom is -0.480 e. The van der Waals surface area contributed by atoms with Gasteiger partial charge in [0.15, 0.2) is 0 Å². The monoisotopic (exact) mass is 316 g/mol. The maximum absolute atomic E-state index is 11.9. The summed E-state index contributed by atoms with van der Waals surface area (Å²) in [5.41, 5.74) is -0.566. The van der Waals surface area contributed by atoms with Gasteiger partial charge >= 0.3 is 18.2 Å². The number of carboxylic acids is 1. The van der Waals surface area contributed by atoms with Crippen molar-refractivity contribution in [1.82, 2.24) is 10.2 Å². The van der Waals surface area contributed by atoms with E-state index in [1.54, 1.807) is 25.7 Å². The summed E-state index contributed by atoms with van der Waals surface area (Å²) >= 11 is 0. The van der Waals surface area contributed by atoms with Gasteiger partial charge in [-0.1, -0.05) is 0 Å². The van der Waals surface area contributed by atoms with Crippen molar-refractivity contribution in [1.29, 1.82) is 0 Å². The number of piperidine rings is 1. The van der Waals surface area contributed by atoms with Gasteiger partial charge in [-0.05, 0) is 39.5 Å². The topological polar surface area (TPSA) is 105 Å². The van der Waals surface area contributed by atoms with Gasteiger partial charge in [0.1, 0.15) is 11.6 Å². The maximum Gasteiger partial charge on any atom is 0.410 e. The zero-order valence-electron chi connectivity index (χ0n) is 13.4. The number of carbonyl (C=O) groups excluding carboxylic acids is 2. The van der Waals surface area contributed by atoms with Crippen molar-refractivity contribution in [2.75, 3.05) is 20.2 Å². The van der Waals surface area contributed by atoms with E-state index in [2.05, 4.69) is 10.1 Å². The standard InChI is InChI=1S/C14H24N2O6/c1-14(2,3)22-13(20)16-7-5-9(6-8-16)10(11(17)18)15-12(19)21-4/h9-10H,5-8H2,1-4H3,(H,15,19)(H,17,18). The molecule has 1 unspecified atom stereocenters. The van der Waals surface area contributed by atoms with E-state index in [0.717, 1.165) is 0 Å². The molecule has 8 heteroatoms. The molecule has 0 aliphatic carbocycles. The molecule has 2 N–H and O–H groups in total. The van der Waals surface area contributed by atoms with Crippen LogP contribution in [0.1, 0.15) is 33.6 Å². The van der Waals surface area contributed by atoms with Crippen LogP contribution in [-0.2, 0) is 14.3 Å². The number of hydrogen-bond acceptors (Lipinski definition) is 5. The molecule has 0 aromatic rings. The number of nitrogens with one attached hydrogen (secondary N) is 1. The van der Waals surface area contributed by atoms with Crippen LogP contribution >= 0.6 is 0 Å². The zero-order valence-corrected chi connectivity index (χ0v) is 13.4.